The number of aromatic amines is 2. The maximum atomic E-state index is 13.5. The van der Waals surface area contributed by atoms with Crippen molar-refractivity contribution in [3.05, 3.63) is 61.1 Å². The molecule has 0 saturated heterocycles. The first-order valence-corrected chi connectivity index (χ1v) is 5.85. The molecular formula is C11H7BrFN3O3. The quantitative estimate of drug-likeness (QED) is 0.773. The fourth-order valence-electron chi connectivity index (χ4n) is 1.37. The Hall–Kier alpha value is -2.22. The molecule has 0 aliphatic carbocycles. The third kappa shape index (κ3) is 3.16. The van der Waals surface area contributed by atoms with Crippen molar-refractivity contribution in [3.63, 3.8) is 0 Å². The maximum Gasteiger partial charge on any atom is 0.326 e. The van der Waals surface area contributed by atoms with Crippen molar-refractivity contribution in [2.24, 2.45) is 0 Å². The van der Waals surface area contributed by atoms with E-state index in [1.54, 1.807) is 6.07 Å². The van der Waals surface area contributed by atoms with E-state index >= 15 is 0 Å². The van der Waals surface area contributed by atoms with Gasteiger partial charge in [-0.25, -0.2) is 9.18 Å². The molecule has 0 spiro atoms. The molecule has 8 heteroatoms. The van der Waals surface area contributed by atoms with Gasteiger partial charge < -0.3 is 10.3 Å². The number of rotatable bonds is 2. The second kappa shape index (κ2) is 5.19. The van der Waals surface area contributed by atoms with E-state index in [9.17, 15) is 18.8 Å². The Bertz CT molecular complexity index is 725. The Morgan fingerprint density at radius 2 is 1.95 bits per heavy atom. The summed E-state index contributed by atoms with van der Waals surface area (Å²) in [6.45, 7) is 0. The van der Waals surface area contributed by atoms with Crippen LogP contribution in [-0.2, 0) is 0 Å². The minimum atomic E-state index is -0.811. The zero-order valence-electron chi connectivity index (χ0n) is 9.29. The van der Waals surface area contributed by atoms with E-state index in [0.717, 1.165) is 6.07 Å². The molecule has 1 amide bonds. The molecule has 0 aliphatic rings. The molecule has 2 aromatic rings. The largest absolute Gasteiger partial charge is 0.326 e. The normalized spacial score (nSPS) is 10.2. The number of aromatic nitrogens is 2. The van der Waals surface area contributed by atoms with Crippen molar-refractivity contribution in [1.29, 1.82) is 0 Å². The average molecular weight is 328 g/mol. The fourth-order valence-corrected chi connectivity index (χ4v) is 1.70. The van der Waals surface area contributed by atoms with E-state index in [1.807, 2.05) is 4.98 Å². The predicted molar refractivity (Wildman–Crippen MR) is 69.7 cm³/mol. The van der Waals surface area contributed by atoms with Crippen molar-refractivity contribution >= 4 is 27.5 Å². The van der Waals surface area contributed by atoms with Gasteiger partial charge in [-0.3, -0.25) is 14.6 Å². The van der Waals surface area contributed by atoms with Gasteiger partial charge in [-0.1, -0.05) is 15.9 Å². The van der Waals surface area contributed by atoms with Gasteiger partial charge in [0.1, 0.15) is 11.5 Å². The number of amides is 1. The predicted octanol–water partition coefficient (Wildman–Crippen LogP) is 1.22. The zero-order chi connectivity index (χ0) is 14.0. The molecule has 1 aromatic heterocycles. The Morgan fingerprint density at radius 1 is 1.21 bits per heavy atom. The summed E-state index contributed by atoms with van der Waals surface area (Å²) < 4.78 is 14.0. The molecule has 6 nitrogen and oxygen atoms in total. The highest BCUT2D eigenvalue weighted by Gasteiger charge is 2.11. The summed E-state index contributed by atoms with van der Waals surface area (Å²) in [4.78, 5) is 37.9. The molecule has 0 bridgehead atoms. The molecule has 2 rings (SSSR count). The summed E-state index contributed by atoms with van der Waals surface area (Å²) >= 11 is 3.08. The summed E-state index contributed by atoms with van der Waals surface area (Å²) in [7, 11) is 0. The molecule has 0 aliphatic heterocycles. The van der Waals surface area contributed by atoms with Crippen LogP contribution in [0.1, 0.15) is 10.5 Å². The summed E-state index contributed by atoms with van der Waals surface area (Å²) in [5.74, 6) is -1.43. The second-order valence-electron chi connectivity index (χ2n) is 3.58. The lowest BCUT2D eigenvalue weighted by Gasteiger charge is -2.06. The third-order valence-corrected chi connectivity index (χ3v) is 2.68. The smallest absolute Gasteiger partial charge is 0.318 e. The topological polar surface area (TPSA) is 94.8 Å². The van der Waals surface area contributed by atoms with Gasteiger partial charge in [0.15, 0.2) is 0 Å². The molecule has 0 atom stereocenters. The number of H-pyrrole nitrogens is 2. The van der Waals surface area contributed by atoms with E-state index in [0.29, 0.717) is 4.47 Å². The Labute approximate surface area is 113 Å². The second-order valence-corrected chi connectivity index (χ2v) is 4.50. The van der Waals surface area contributed by atoms with Crippen molar-refractivity contribution in [2.45, 2.75) is 0 Å². The number of benzene rings is 1. The van der Waals surface area contributed by atoms with E-state index in [1.165, 1.54) is 12.1 Å². The van der Waals surface area contributed by atoms with Crippen molar-refractivity contribution in [2.75, 3.05) is 5.32 Å². The first-order valence-electron chi connectivity index (χ1n) is 5.06. The van der Waals surface area contributed by atoms with Gasteiger partial charge in [-0.2, -0.15) is 0 Å². The number of halogens is 2. The van der Waals surface area contributed by atoms with E-state index in [2.05, 4.69) is 26.2 Å². The fraction of sp³-hybridized carbons (Fsp3) is 0. The molecule has 1 heterocycles. The van der Waals surface area contributed by atoms with Crippen LogP contribution in [0.15, 0.2) is 38.3 Å². The van der Waals surface area contributed by atoms with Crippen LogP contribution in [0, 0.1) is 5.82 Å². The highest BCUT2D eigenvalue weighted by Crippen LogP contribution is 2.19. The lowest BCUT2D eigenvalue weighted by atomic mass is 10.3. The standard InChI is InChI=1S/C11H7BrFN3O3/c12-5-1-2-7(6(13)3-5)14-10(18)8-4-9(17)16-11(19)15-8/h1-4H,(H,14,18)(H2,15,16,17,19). The molecule has 19 heavy (non-hydrogen) atoms. The van der Waals surface area contributed by atoms with E-state index in [4.69, 9.17) is 0 Å². The van der Waals surface area contributed by atoms with Crippen molar-refractivity contribution in [3.8, 4) is 0 Å². The molecule has 3 N–H and O–H groups in total. The lowest BCUT2D eigenvalue weighted by molar-refractivity contribution is 0.102. The molecule has 0 radical (unpaired) electrons. The summed E-state index contributed by atoms with van der Waals surface area (Å²) in [6.07, 6.45) is 0. The molecule has 0 fully saturated rings. The summed E-state index contributed by atoms with van der Waals surface area (Å²) in [5, 5.41) is 2.25. The van der Waals surface area contributed by atoms with Gasteiger partial charge in [-0.15, -0.1) is 0 Å². The van der Waals surface area contributed by atoms with Crippen LogP contribution in [0.2, 0.25) is 0 Å². The number of carbonyl (C=O) groups excluding carboxylic acids is 1. The average Bonchev–Trinajstić information content (AvgIpc) is 2.31. The first-order chi connectivity index (χ1) is 8.95. The van der Waals surface area contributed by atoms with Gasteiger partial charge in [0.2, 0.25) is 0 Å². The number of hydrogen-bond donors (Lipinski definition) is 3. The Morgan fingerprint density at radius 3 is 2.58 bits per heavy atom. The molecule has 0 saturated carbocycles. The van der Waals surface area contributed by atoms with Gasteiger partial charge in [0.25, 0.3) is 11.5 Å². The Balaban J connectivity index is 2.30. The number of hydrogen-bond acceptors (Lipinski definition) is 3. The van der Waals surface area contributed by atoms with Crippen LogP contribution in [-0.4, -0.2) is 15.9 Å². The molecule has 1 aromatic carbocycles. The van der Waals surface area contributed by atoms with E-state index in [-0.39, 0.29) is 11.4 Å². The number of nitrogens with one attached hydrogen (secondary N) is 3. The van der Waals surface area contributed by atoms with E-state index < -0.39 is 23.0 Å². The van der Waals surface area contributed by atoms with Gasteiger partial charge in [0.05, 0.1) is 5.69 Å². The van der Waals surface area contributed by atoms with Gasteiger partial charge in [-0.05, 0) is 18.2 Å². The van der Waals surface area contributed by atoms with Gasteiger partial charge in [0, 0.05) is 10.5 Å². The lowest BCUT2D eigenvalue weighted by Crippen LogP contribution is -2.27. The number of carbonyl (C=O) groups is 1. The van der Waals surface area contributed by atoms with Crippen molar-refractivity contribution in [1.82, 2.24) is 9.97 Å². The highest BCUT2D eigenvalue weighted by atomic mass is 79.9. The SMILES string of the molecule is O=C(Nc1ccc(Br)cc1F)c1cc(=O)[nH]c(=O)[nH]1. The molecule has 0 unspecified atom stereocenters. The zero-order valence-corrected chi connectivity index (χ0v) is 10.9. The van der Waals surface area contributed by atoms with Crippen LogP contribution in [0.5, 0.6) is 0 Å². The summed E-state index contributed by atoms with van der Waals surface area (Å²) in [5.41, 5.74) is -1.84. The number of anilines is 1. The van der Waals surface area contributed by atoms with Crippen LogP contribution >= 0.6 is 15.9 Å². The molecule has 98 valence electrons. The summed E-state index contributed by atoms with van der Waals surface area (Å²) in [6, 6.07) is 4.98. The minimum Gasteiger partial charge on any atom is -0.318 e. The van der Waals surface area contributed by atoms with Crippen LogP contribution in [0.3, 0.4) is 0 Å². The monoisotopic (exact) mass is 327 g/mol. The molecular weight excluding hydrogens is 321 g/mol. The minimum absolute atomic E-state index is 0.0608. The van der Waals surface area contributed by atoms with Crippen LogP contribution in [0.25, 0.3) is 0 Å². The third-order valence-electron chi connectivity index (χ3n) is 2.18. The Kier molecular flexibility index (Phi) is 3.61. The maximum absolute atomic E-state index is 13.5. The van der Waals surface area contributed by atoms with Crippen LogP contribution < -0.4 is 16.6 Å². The first kappa shape index (κ1) is 13.2. The highest BCUT2D eigenvalue weighted by molar-refractivity contribution is 9.10. The van der Waals surface area contributed by atoms with Crippen molar-refractivity contribution < 1.29 is 9.18 Å². The van der Waals surface area contributed by atoms with Crippen LogP contribution in [0.4, 0.5) is 10.1 Å². The van der Waals surface area contributed by atoms with Gasteiger partial charge >= 0.3 is 5.69 Å².